The molecule has 0 unspecified atom stereocenters. The second kappa shape index (κ2) is 9.64. The van der Waals surface area contributed by atoms with Gasteiger partial charge in [-0.05, 0) is 42.5 Å². The van der Waals surface area contributed by atoms with Crippen molar-refractivity contribution in [2.24, 2.45) is 5.10 Å². The molecule has 0 aromatic heterocycles. The molecule has 1 aliphatic rings. The predicted octanol–water partition coefficient (Wildman–Crippen LogP) is 4.83. The van der Waals surface area contributed by atoms with Crippen LogP contribution in [-0.2, 0) is 4.79 Å². The van der Waals surface area contributed by atoms with Gasteiger partial charge in [0, 0.05) is 46.1 Å². The third kappa shape index (κ3) is 5.52. The van der Waals surface area contributed by atoms with Crippen LogP contribution in [0.2, 0.25) is 5.02 Å². The molecule has 10 heteroatoms. The standard InChI is InChI=1S/C20H18BrClN4O4/c1-26-19(16(21)8-9-23-26)15-10-14(6-7-17(15)30-11-18(27)28)25-20(29)24-13-4-2-12(22)3-5-13/h2-7,9-10H,8,11H2,1H3,(H,27,28)(H2,24,25,29). The Morgan fingerprint density at radius 1 is 1.20 bits per heavy atom. The molecule has 0 fully saturated rings. The zero-order chi connectivity index (χ0) is 21.7. The van der Waals surface area contributed by atoms with Crippen LogP contribution in [0.3, 0.4) is 0 Å². The molecule has 0 saturated heterocycles. The summed E-state index contributed by atoms with van der Waals surface area (Å²) in [6, 6.07) is 11.2. The number of nitrogens with zero attached hydrogens (tertiary/aromatic N) is 2. The number of ether oxygens (including phenoxy) is 1. The first-order chi connectivity index (χ1) is 14.3. The van der Waals surface area contributed by atoms with E-state index in [2.05, 4.69) is 31.7 Å². The molecule has 1 aliphatic heterocycles. The van der Waals surface area contributed by atoms with E-state index in [4.69, 9.17) is 21.4 Å². The average Bonchev–Trinajstić information content (AvgIpc) is 2.69. The topological polar surface area (TPSA) is 103 Å². The highest BCUT2D eigenvalue weighted by atomic mass is 79.9. The summed E-state index contributed by atoms with van der Waals surface area (Å²) < 4.78 is 6.29. The Labute approximate surface area is 186 Å². The molecule has 2 aromatic rings. The van der Waals surface area contributed by atoms with Gasteiger partial charge < -0.3 is 20.5 Å². The van der Waals surface area contributed by atoms with Crippen molar-refractivity contribution in [2.75, 3.05) is 24.3 Å². The smallest absolute Gasteiger partial charge is 0.341 e. The first kappa shape index (κ1) is 21.7. The SMILES string of the molecule is CN1N=CCC(Br)=C1c1cc(NC(=O)Nc2ccc(Cl)cc2)ccc1OCC(=O)O. The third-order valence-corrected chi connectivity index (χ3v) is 5.00. The Hall–Kier alpha value is -3.04. The van der Waals surface area contributed by atoms with Crippen LogP contribution in [-0.4, -0.2) is 42.0 Å². The van der Waals surface area contributed by atoms with E-state index in [1.54, 1.807) is 60.7 Å². The summed E-state index contributed by atoms with van der Waals surface area (Å²) in [6.45, 7) is -0.491. The number of carbonyl (C=O) groups excluding carboxylic acids is 1. The van der Waals surface area contributed by atoms with Crippen LogP contribution in [0.25, 0.3) is 5.70 Å². The molecule has 1 heterocycles. The lowest BCUT2D eigenvalue weighted by atomic mass is 10.1. The van der Waals surface area contributed by atoms with Gasteiger partial charge >= 0.3 is 12.0 Å². The Balaban J connectivity index is 1.86. The summed E-state index contributed by atoms with van der Waals surface area (Å²) in [6.07, 6.45) is 2.32. The molecule has 3 N–H and O–H groups in total. The van der Waals surface area contributed by atoms with Crippen LogP contribution in [0.4, 0.5) is 16.2 Å². The molecule has 30 heavy (non-hydrogen) atoms. The maximum atomic E-state index is 12.4. The van der Waals surface area contributed by atoms with Crippen molar-refractivity contribution >= 4 is 62.8 Å². The lowest BCUT2D eigenvalue weighted by Crippen LogP contribution is -2.20. The van der Waals surface area contributed by atoms with Gasteiger partial charge in [-0.1, -0.05) is 27.5 Å². The number of carbonyl (C=O) groups is 2. The molecule has 3 rings (SSSR count). The van der Waals surface area contributed by atoms with Crippen molar-refractivity contribution in [1.82, 2.24) is 5.01 Å². The van der Waals surface area contributed by atoms with Gasteiger partial charge in [-0.15, -0.1) is 0 Å². The van der Waals surface area contributed by atoms with Crippen molar-refractivity contribution in [3.8, 4) is 5.75 Å². The number of nitrogens with one attached hydrogen (secondary N) is 2. The first-order valence-electron chi connectivity index (χ1n) is 8.81. The van der Waals surface area contributed by atoms with Crippen LogP contribution in [0.1, 0.15) is 12.0 Å². The summed E-state index contributed by atoms with van der Waals surface area (Å²) in [5, 5.41) is 20.9. The fraction of sp³-hybridized carbons (Fsp3) is 0.150. The van der Waals surface area contributed by atoms with Gasteiger partial charge in [0.05, 0.1) is 5.70 Å². The van der Waals surface area contributed by atoms with Crippen LogP contribution in [0.5, 0.6) is 5.75 Å². The number of hydrogen-bond donors (Lipinski definition) is 3. The Morgan fingerprint density at radius 3 is 2.53 bits per heavy atom. The van der Waals surface area contributed by atoms with Gasteiger partial charge in [-0.25, -0.2) is 9.59 Å². The van der Waals surface area contributed by atoms with Gasteiger partial charge in [0.1, 0.15) is 5.75 Å². The zero-order valence-corrected chi connectivity index (χ0v) is 18.2. The number of hydrogen-bond acceptors (Lipinski definition) is 5. The van der Waals surface area contributed by atoms with Crippen LogP contribution >= 0.6 is 27.5 Å². The monoisotopic (exact) mass is 492 g/mol. The predicted molar refractivity (Wildman–Crippen MR) is 120 cm³/mol. The number of halogens is 2. The molecule has 2 amide bonds. The molecule has 8 nitrogen and oxygen atoms in total. The molecule has 0 aliphatic carbocycles. The lowest BCUT2D eigenvalue weighted by molar-refractivity contribution is -0.139. The van der Waals surface area contributed by atoms with Crippen molar-refractivity contribution in [3.05, 3.63) is 57.5 Å². The van der Waals surface area contributed by atoms with E-state index >= 15 is 0 Å². The van der Waals surface area contributed by atoms with Crippen LogP contribution < -0.4 is 15.4 Å². The Kier molecular flexibility index (Phi) is 6.96. The maximum absolute atomic E-state index is 12.4. The molecular formula is C20H18BrClN4O4. The Bertz CT molecular complexity index is 1020. The molecule has 2 aromatic carbocycles. The van der Waals surface area contributed by atoms with Crippen molar-refractivity contribution in [2.45, 2.75) is 6.42 Å². The van der Waals surface area contributed by atoms with E-state index in [9.17, 15) is 9.59 Å². The quantitative estimate of drug-likeness (QED) is 0.535. The minimum atomic E-state index is -1.09. The normalized spacial score (nSPS) is 13.2. The minimum Gasteiger partial charge on any atom is -0.481 e. The van der Waals surface area contributed by atoms with Crippen molar-refractivity contribution in [3.63, 3.8) is 0 Å². The van der Waals surface area contributed by atoms with E-state index in [1.807, 2.05) is 0 Å². The highest BCUT2D eigenvalue weighted by Crippen LogP contribution is 2.37. The fourth-order valence-corrected chi connectivity index (χ4v) is 3.52. The van der Waals surface area contributed by atoms with E-state index < -0.39 is 18.6 Å². The van der Waals surface area contributed by atoms with E-state index in [0.29, 0.717) is 39.8 Å². The molecular weight excluding hydrogens is 476 g/mol. The van der Waals surface area contributed by atoms with E-state index in [0.717, 1.165) is 4.48 Å². The number of anilines is 2. The summed E-state index contributed by atoms with van der Waals surface area (Å²) in [4.78, 5) is 23.3. The first-order valence-corrected chi connectivity index (χ1v) is 9.98. The van der Waals surface area contributed by atoms with Gasteiger partial charge in [0.15, 0.2) is 6.61 Å². The number of amides is 2. The fourth-order valence-electron chi connectivity index (χ4n) is 2.78. The molecule has 0 saturated carbocycles. The highest BCUT2D eigenvalue weighted by Gasteiger charge is 2.20. The second-order valence-corrected chi connectivity index (χ2v) is 7.65. The van der Waals surface area contributed by atoms with E-state index in [-0.39, 0.29) is 0 Å². The average molecular weight is 494 g/mol. The summed E-state index contributed by atoms with van der Waals surface area (Å²) in [7, 11) is 1.76. The number of aliphatic carboxylic acids is 1. The highest BCUT2D eigenvalue weighted by molar-refractivity contribution is 9.11. The molecule has 0 bridgehead atoms. The number of carboxylic acid groups (broad SMARTS) is 1. The van der Waals surface area contributed by atoms with Crippen LogP contribution in [0.15, 0.2) is 52.0 Å². The lowest BCUT2D eigenvalue weighted by Gasteiger charge is -2.25. The zero-order valence-electron chi connectivity index (χ0n) is 15.9. The van der Waals surface area contributed by atoms with Gasteiger partial charge in [0.25, 0.3) is 0 Å². The largest absolute Gasteiger partial charge is 0.481 e. The third-order valence-electron chi connectivity index (χ3n) is 4.05. The summed E-state index contributed by atoms with van der Waals surface area (Å²) in [5.74, 6) is -0.731. The van der Waals surface area contributed by atoms with E-state index in [1.165, 1.54) is 0 Å². The molecule has 0 radical (unpaired) electrons. The number of allylic oxidation sites excluding steroid dienone is 1. The number of urea groups is 1. The van der Waals surface area contributed by atoms with Gasteiger partial charge in [-0.2, -0.15) is 5.10 Å². The number of hydrazone groups is 1. The molecule has 156 valence electrons. The molecule has 0 spiro atoms. The van der Waals surface area contributed by atoms with Crippen molar-refractivity contribution in [1.29, 1.82) is 0 Å². The number of benzene rings is 2. The second-order valence-electron chi connectivity index (χ2n) is 6.26. The Morgan fingerprint density at radius 2 is 1.87 bits per heavy atom. The maximum Gasteiger partial charge on any atom is 0.341 e. The van der Waals surface area contributed by atoms with Crippen LogP contribution in [0, 0.1) is 0 Å². The van der Waals surface area contributed by atoms with Gasteiger partial charge in [0.2, 0.25) is 0 Å². The van der Waals surface area contributed by atoms with Crippen molar-refractivity contribution < 1.29 is 19.4 Å². The molecule has 0 atom stereocenters. The number of rotatable bonds is 6. The number of carboxylic acids is 1. The minimum absolute atomic E-state index is 0.358. The summed E-state index contributed by atoms with van der Waals surface area (Å²) in [5.41, 5.74) is 2.38. The van der Waals surface area contributed by atoms with Gasteiger partial charge in [-0.3, -0.25) is 5.01 Å². The summed E-state index contributed by atoms with van der Waals surface area (Å²) >= 11 is 9.39.